The molecule has 4 rings (SSSR count). The van der Waals surface area contributed by atoms with Gasteiger partial charge < -0.3 is 14.6 Å². The molecule has 0 fully saturated rings. The smallest absolute Gasteiger partial charge is 0.250 e. The van der Waals surface area contributed by atoms with Gasteiger partial charge in [0, 0.05) is 36.9 Å². The quantitative estimate of drug-likeness (QED) is 0.292. The zero-order valence-corrected chi connectivity index (χ0v) is 20.9. The van der Waals surface area contributed by atoms with Crippen LogP contribution in [-0.4, -0.2) is 22.7 Å². The fraction of sp³-hybridized carbons (Fsp3) is 0.259. The Bertz CT molecular complexity index is 1200. The van der Waals surface area contributed by atoms with Crippen molar-refractivity contribution in [1.82, 2.24) is 14.9 Å². The van der Waals surface area contributed by atoms with Gasteiger partial charge in [-0.15, -0.1) is 24.8 Å². The highest BCUT2D eigenvalue weighted by Crippen LogP contribution is 2.20. The monoisotopic (exact) mass is 499 g/mol. The number of ether oxygens (including phenoxy) is 1. The molecule has 7 heteroatoms. The maximum atomic E-state index is 11.8. The predicted molar refractivity (Wildman–Crippen MR) is 144 cm³/mol. The van der Waals surface area contributed by atoms with E-state index >= 15 is 0 Å². The van der Waals surface area contributed by atoms with E-state index in [1.54, 1.807) is 17.7 Å². The van der Waals surface area contributed by atoms with Crippen LogP contribution in [0.3, 0.4) is 0 Å². The zero-order chi connectivity index (χ0) is 22.2. The van der Waals surface area contributed by atoms with Crippen molar-refractivity contribution in [2.24, 2.45) is 7.05 Å². The fourth-order valence-corrected chi connectivity index (χ4v) is 3.93. The molecule has 2 heterocycles. The molecule has 1 unspecified atom stereocenters. The molecule has 0 bridgehead atoms. The Labute approximate surface area is 213 Å². The van der Waals surface area contributed by atoms with Crippen molar-refractivity contribution < 1.29 is 4.74 Å². The normalized spacial score (nSPS) is 11.3. The van der Waals surface area contributed by atoms with E-state index in [-0.39, 0.29) is 36.4 Å². The lowest BCUT2D eigenvalue weighted by Crippen LogP contribution is -2.24. The molecule has 0 aliphatic rings. The topological polar surface area (TPSA) is 56.1 Å². The standard InChI is InChI=1S/C27H29N3O2.2ClH/c1-30-26-12-10-24(20-23(26)9-13-27(30)31)32-19-5-16-29-25(22-14-17-28-18-15-22)11-8-21-6-3-2-4-7-21;;/h2-4,6-7,9-10,12-15,17-18,20,25,29H,5,8,11,16,19H2,1H3;2*1H. The second-order valence-corrected chi connectivity index (χ2v) is 7.96. The van der Waals surface area contributed by atoms with Crippen LogP contribution >= 0.6 is 24.8 Å². The van der Waals surface area contributed by atoms with Crippen LogP contribution in [-0.2, 0) is 13.5 Å². The van der Waals surface area contributed by atoms with Gasteiger partial charge in [-0.3, -0.25) is 9.78 Å². The Kier molecular flexibility index (Phi) is 11.1. The van der Waals surface area contributed by atoms with Crippen molar-refractivity contribution in [3.8, 4) is 5.75 Å². The van der Waals surface area contributed by atoms with E-state index in [0.29, 0.717) is 6.61 Å². The molecule has 1 N–H and O–H groups in total. The number of hydrogen-bond acceptors (Lipinski definition) is 4. The van der Waals surface area contributed by atoms with E-state index in [1.807, 2.05) is 36.7 Å². The summed E-state index contributed by atoms with van der Waals surface area (Å²) in [4.78, 5) is 15.9. The lowest BCUT2D eigenvalue weighted by Gasteiger charge is -2.19. The minimum absolute atomic E-state index is 0. The summed E-state index contributed by atoms with van der Waals surface area (Å²) in [6.45, 7) is 1.50. The Hall–Kier alpha value is -2.86. The van der Waals surface area contributed by atoms with Crippen molar-refractivity contribution in [2.75, 3.05) is 13.2 Å². The number of aromatic nitrogens is 2. The molecule has 4 aromatic rings. The molecule has 0 radical (unpaired) electrons. The average molecular weight is 500 g/mol. The maximum Gasteiger partial charge on any atom is 0.250 e. The molecule has 2 aromatic heterocycles. The molecular weight excluding hydrogens is 469 g/mol. The van der Waals surface area contributed by atoms with Gasteiger partial charge in [-0.25, -0.2) is 0 Å². The largest absolute Gasteiger partial charge is 0.494 e. The Morgan fingerprint density at radius 3 is 2.50 bits per heavy atom. The van der Waals surface area contributed by atoms with Gasteiger partial charge in [-0.2, -0.15) is 0 Å². The average Bonchev–Trinajstić information content (AvgIpc) is 2.84. The molecule has 1 atom stereocenters. The second kappa shape index (κ2) is 13.8. The minimum Gasteiger partial charge on any atom is -0.494 e. The summed E-state index contributed by atoms with van der Waals surface area (Å²) in [5.74, 6) is 0.825. The highest BCUT2D eigenvalue weighted by Gasteiger charge is 2.11. The summed E-state index contributed by atoms with van der Waals surface area (Å²) in [5, 5.41) is 4.69. The number of halogens is 2. The van der Waals surface area contributed by atoms with Gasteiger partial charge in [0.2, 0.25) is 0 Å². The third-order valence-electron chi connectivity index (χ3n) is 5.75. The molecule has 0 amide bonds. The van der Waals surface area contributed by atoms with Gasteiger partial charge in [0.1, 0.15) is 5.75 Å². The number of benzene rings is 2. The van der Waals surface area contributed by atoms with Crippen molar-refractivity contribution in [1.29, 1.82) is 0 Å². The summed E-state index contributed by atoms with van der Waals surface area (Å²) >= 11 is 0. The highest BCUT2D eigenvalue weighted by atomic mass is 35.5. The summed E-state index contributed by atoms with van der Waals surface area (Å²) in [6, 6.07) is 24.3. The maximum absolute atomic E-state index is 11.8. The van der Waals surface area contributed by atoms with Crippen LogP contribution in [0.1, 0.15) is 30.0 Å². The highest BCUT2D eigenvalue weighted by molar-refractivity contribution is 5.85. The summed E-state index contributed by atoms with van der Waals surface area (Å²) in [5.41, 5.74) is 3.51. The zero-order valence-electron chi connectivity index (χ0n) is 19.2. The van der Waals surface area contributed by atoms with Crippen LogP contribution in [0.5, 0.6) is 5.75 Å². The Morgan fingerprint density at radius 1 is 0.971 bits per heavy atom. The number of hydrogen-bond donors (Lipinski definition) is 1. The molecular formula is C27H31Cl2N3O2. The SMILES string of the molecule is Cl.Cl.Cn1c(=O)ccc2cc(OCCCNC(CCc3ccccc3)c3ccncc3)ccc21. The van der Waals surface area contributed by atoms with Crippen LogP contribution in [0.2, 0.25) is 0 Å². The number of fused-ring (bicyclic) bond motifs is 1. The Morgan fingerprint density at radius 2 is 1.74 bits per heavy atom. The molecule has 180 valence electrons. The fourth-order valence-electron chi connectivity index (χ4n) is 3.93. The first-order chi connectivity index (χ1) is 15.7. The van der Waals surface area contributed by atoms with Gasteiger partial charge in [-0.1, -0.05) is 30.3 Å². The van der Waals surface area contributed by atoms with Crippen molar-refractivity contribution in [2.45, 2.75) is 25.3 Å². The summed E-state index contributed by atoms with van der Waals surface area (Å²) in [6.07, 6.45) is 6.66. The third kappa shape index (κ3) is 7.32. The third-order valence-corrected chi connectivity index (χ3v) is 5.75. The van der Waals surface area contributed by atoms with E-state index in [1.165, 1.54) is 11.1 Å². The minimum atomic E-state index is -0.00624. The van der Waals surface area contributed by atoms with Gasteiger partial charge in [-0.05, 0) is 73.3 Å². The van der Waals surface area contributed by atoms with E-state index < -0.39 is 0 Å². The predicted octanol–water partition coefficient (Wildman–Crippen LogP) is 5.51. The van der Waals surface area contributed by atoms with Gasteiger partial charge in [0.15, 0.2) is 0 Å². The molecule has 34 heavy (non-hydrogen) atoms. The van der Waals surface area contributed by atoms with E-state index in [2.05, 4.69) is 52.8 Å². The molecule has 5 nitrogen and oxygen atoms in total. The van der Waals surface area contributed by atoms with Crippen molar-refractivity contribution in [3.05, 3.63) is 107 Å². The number of pyridine rings is 2. The summed E-state index contributed by atoms with van der Waals surface area (Å²) < 4.78 is 7.61. The molecule has 0 saturated carbocycles. The first kappa shape index (κ1) is 27.4. The number of rotatable bonds is 10. The van der Waals surface area contributed by atoms with E-state index in [9.17, 15) is 4.79 Å². The summed E-state index contributed by atoms with van der Waals surface area (Å²) in [7, 11) is 1.79. The van der Waals surface area contributed by atoms with Crippen LogP contribution in [0.25, 0.3) is 10.9 Å². The number of nitrogens with one attached hydrogen (secondary N) is 1. The Balaban J connectivity index is 0.00000204. The van der Waals surface area contributed by atoms with Gasteiger partial charge >= 0.3 is 0 Å². The van der Waals surface area contributed by atoms with Crippen LogP contribution in [0, 0.1) is 0 Å². The molecule has 0 aliphatic heterocycles. The molecule has 0 aliphatic carbocycles. The second-order valence-electron chi connectivity index (χ2n) is 7.96. The number of nitrogens with zero attached hydrogens (tertiary/aromatic N) is 2. The lowest BCUT2D eigenvalue weighted by molar-refractivity contribution is 0.304. The van der Waals surface area contributed by atoms with Gasteiger partial charge in [0.25, 0.3) is 5.56 Å². The van der Waals surface area contributed by atoms with Crippen molar-refractivity contribution in [3.63, 3.8) is 0 Å². The first-order valence-electron chi connectivity index (χ1n) is 11.1. The molecule has 2 aromatic carbocycles. The van der Waals surface area contributed by atoms with Crippen LogP contribution in [0.4, 0.5) is 0 Å². The van der Waals surface area contributed by atoms with Crippen LogP contribution in [0.15, 0.2) is 90.0 Å². The molecule has 0 saturated heterocycles. The van der Waals surface area contributed by atoms with Crippen molar-refractivity contribution >= 4 is 35.7 Å². The number of aryl methyl sites for hydroxylation is 2. The first-order valence-corrected chi connectivity index (χ1v) is 11.1. The van der Waals surface area contributed by atoms with E-state index in [4.69, 9.17) is 4.74 Å². The van der Waals surface area contributed by atoms with Crippen LogP contribution < -0.4 is 15.6 Å². The van der Waals surface area contributed by atoms with Gasteiger partial charge in [0.05, 0.1) is 12.1 Å². The molecule has 0 spiro atoms. The van der Waals surface area contributed by atoms with E-state index in [0.717, 1.165) is 42.5 Å². The lowest BCUT2D eigenvalue weighted by atomic mass is 9.99.